The van der Waals surface area contributed by atoms with Crippen molar-refractivity contribution in [1.29, 1.82) is 0 Å². The summed E-state index contributed by atoms with van der Waals surface area (Å²) in [4.78, 5) is 27.7. The minimum Gasteiger partial charge on any atom is -0.350 e. The van der Waals surface area contributed by atoms with Crippen LogP contribution in [0.5, 0.6) is 0 Å². The predicted molar refractivity (Wildman–Crippen MR) is 106 cm³/mol. The lowest BCUT2D eigenvalue weighted by Gasteiger charge is -2.35. The summed E-state index contributed by atoms with van der Waals surface area (Å²) in [5.41, 5.74) is 2.04. The van der Waals surface area contributed by atoms with Crippen LogP contribution in [0.1, 0.15) is 10.4 Å². The first kappa shape index (κ1) is 18.2. The lowest BCUT2D eigenvalue weighted by atomic mass is 10.1. The Balaban J connectivity index is 1.60. The van der Waals surface area contributed by atoms with Gasteiger partial charge >= 0.3 is 0 Å². The highest BCUT2D eigenvalue weighted by molar-refractivity contribution is 6.09. The number of nitrogens with zero attached hydrogens (tertiary/aromatic N) is 2. The van der Waals surface area contributed by atoms with Crippen LogP contribution in [0.3, 0.4) is 0 Å². The highest BCUT2D eigenvalue weighted by atomic mass is 19.1. The molecule has 0 radical (unpaired) electrons. The number of aryl methyl sites for hydroxylation is 1. The van der Waals surface area contributed by atoms with E-state index in [4.69, 9.17) is 0 Å². The number of rotatable bonds is 3. The van der Waals surface area contributed by atoms with E-state index in [2.05, 4.69) is 10.6 Å². The maximum atomic E-state index is 13.3. The molecule has 2 amide bonds. The van der Waals surface area contributed by atoms with E-state index in [1.807, 2.05) is 42.1 Å². The Bertz CT molecular complexity index is 1030. The smallest absolute Gasteiger partial charge is 0.256 e. The van der Waals surface area contributed by atoms with Gasteiger partial charge in [-0.1, -0.05) is 18.2 Å². The van der Waals surface area contributed by atoms with Crippen molar-refractivity contribution in [3.63, 3.8) is 0 Å². The first-order valence-electron chi connectivity index (χ1n) is 9.17. The second-order valence-corrected chi connectivity index (χ2v) is 6.89. The molecule has 0 saturated carbocycles. The Morgan fingerprint density at radius 3 is 2.68 bits per heavy atom. The predicted octanol–water partition coefficient (Wildman–Crippen LogP) is 2.37. The highest BCUT2D eigenvalue weighted by Gasteiger charge is 2.33. The van der Waals surface area contributed by atoms with Gasteiger partial charge in [0, 0.05) is 49.5 Å². The molecule has 1 saturated heterocycles. The quantitative estimate of drug-likeness (QED) is 0.733. The number of piperazine rings is 1. The molecule has 3 aromatic rings. The molecule has 1 aliphatic rings. The van der Waals surface area contributed by atoms with Crippen molar-refractivity contribution in [3.8, 4) is 0 Å². The second-order valence-electron chi connectivity index (χ2n) is 6.89. The van der Waals surface area contributed by atoms with Gasteiger partial charge in [0.05, 0.1) is 5.56 Å². The lowest BCUT2D eigenvalue weighted by molar-refractivity contribution is -0.121. The van der Waals surface area contributed by atoms with Gasteiger partial charge in [-0.3, -0.25) is 9.59 Å². The monoisotopic (exact) mass is 380 g/mol. The summed E-state index contributed by atoms with van der Waals surface area (Å²) in [6.07, 6.45) is 1.81. The molecule has 6 nitrogen and oxygen atoms in total. The van der Waals surface area contributed by atoms with Crippen molar-refractivity contribution in [3.05, 3.63) is 66.1 Å². The summed E-state index contributed by atoms with van der Waals surface area (Å²) in [5.74, 6) is -0.838. The number of benzene rings is 2. The molecule has 2 heterocycles. The van der Waals surface area contributed by atoms with Crippen LogP contribution in [0, 0.1) is 5.82 Å². The molecule has 144 valence electrons. The third-order valence-corrected chi connectivity index (χ3v) is 5.05. The Kier molecular flexibility index (Phi) is 4.83. The fourth-order valence-corrected chi connectivity index (χ4v) is 3.61. The number of aromatic nitrogens is 1. The van der Waals surface area contributed by atoms with Crippen LogP contribution in [0.2, 0.25) is 0 Å². The summed E-state index contributed by atoms with van der Waals surface area (Å²) in [6, 6.07) is 12.6. The summed E-state index contributed by atoms with van der Waals surface area (Å²) in [5, 5.41) is 6.81. The average Bonchev–Trinajstić information content (AvgIpc) is 3.06. The average molecular weight is 380 g/mol. The van der Waals surface area contributed by atoms with Crippen molar-refractivity contribution in [1.82, 2.24) is 14.8 Å². The van der Waals surface area contributed by atoms with E-state index >= 15 is 0 Å². The van der Waals surface area contributed by atoms with Crippen LogP contribution in [0.4, 0.5) is 10.1 Å². The number of anilines is 1. The van der Waals surface area contributed by atoms with Gasteiger partial charge in [-0.25, -0.2) is 4.39 Å². The first-order chi connectivity index (χ1) is 13.5. The van der Waals surface area contributed by atoms with E-state index in [1.54, 1.807) is 4.90 Å². The molecule has 7 heteroatoms. The number of para-hydroxylation sites is 1. The summed E-state index contributed by atoms with van der Waals surface area (Å²) >= 11 is 0. The minimum absolute atomic E-state index is 0.169. The van der Waals surface area contributed by atoms with Gasteiger partial charge in [-0.15, -0.1) is 0 Å². The van der Waals surface area contributed by atoms with Gasteiger partial charge in [0.1, 0.15) is 11.9 Å². The van der Waals surface area contributed by atoms with Crippen molar-refractivity contribution in [2.45, 2.75) is 6.04 Å². The Hall–Kier alpha value is -3.19. The van der Waals surface area contributed by atoms with Gasteiger partial charge < -0.3 is 20.1 Å². The zero-order valence-corrected chi connectivity index (χ0v) is 15.5. The summed E-state index contributed by atoms with van der Waals surface area (Å²) < 4.78 is 15.0. The van der Waals surface area contributed by atoms with Crippen LogP contribution < -0.4 is 10.6 Å². The number of amides is 2. The normalized spacial score (nSPS) is 16.9. The minimum atomic E-state index is -0.648. The largest absolute Gasteiger partial charge is 0.350 e. The van der Waals surface area contributed by atoms with Crippen LogP contribution in [0.25, 0.3) is 10.9 Å². The van der Waals surface area contributed by atoms with E-state index < -0.39 is 6.04 Å². The van der Waals surface area contributed by atoms with E-state index in [1.165, 1.54) is 24.3 Å². The summed E-state index contributed by atoms with van der Waals surface area (Å²) in [6.45, 7) is 1.42. The van der Waals surface area contributed by atoms with Crippen LogP contribution in [-0.4, -0.2) is 47.0 Å². The first-order valence-corrected chi connectivity index (χ1v) is 9.17. The maximum absolute atomic E-state index is 13.3. The van der Waals surface area contributed by atoms with Crippen LogP contribution >= 0.6 is 0 Å². The fourth-order valence-electron chi connectivity index (χ4n) is 3.61. The molecule has 0 bridgehead atoms. The molecule has 0 spiro atoms. The highest BCUT2D eigenvalue weighted by Crippen LogP contribution is 2.23. The zero-order chi connectivity index (χ0) is 19.7. The molecular formula is C21H21FN4O2. The molecule has 1 fully saturated rings. The standard InChI is InChI=1S/C21H21FN4O2/c1-25-13-17(16-4-2-3-5-18(16)25)21(28)26-11-10-23-12-19(26)20(27)24-15-8-6-14(22)7-9-15/h2-9,13,19,23H,10-12H2,1H3,(H,24,27)/t19-/m1/s1. The molecule has 0 aliphatic carbocycles. The number of fused-ring (bicyclic) bond motifs is 1. The Morgan fingerprint density at radius 2 is 1.89 bits per heavy atom. The third-order valence-electron chi connectivity index (χ3n) is 5.05. The molecule has 4 rings (SSSR count). The topological polar surface area (TPSA) is 66.4 Å². The Labute approximate surface area is 161 Å². The van der Waals surface area contributed by atoms with Gasteiger partial charge in [0.25, 0.3) is 5.91 Å². The maximum Gasteiger partial charge on any atom is 0.256 e. The van der Waals surface area contributed by atoms with Crippen molar-refractivity contribution in [2.24, 2.45) is 7.05 Å². The van der Waals surface area contributed by atoms with Gasteiger partial charge in [0.15, 0.2) is 0 Å². The molecule has 2 aromatic carbocycles. The number of carbonyl (C=O) groups excluding carboxylic acids is 2. The van der Waals surface area contributed by atoms with E-state index in [0.717, 1.165) is 10.9 Å². The molecule has 28 heavy (non-hydrogen) atoms. The molecule has 1 aromatic heterocycles. The second kappa shape index (κ2) is 7.44. The number of carbonyl (C=O) groups is 2. The Morgan fingerprint density at radius 1 is 1.14 bits per heavy atom. The molecular weight excluding hydrogens is 359 g/mol. The van der Waals surface area contributed by atoms with Gasteiger partial charge in [0.2, 0.25) is 5.91 Å². The van der Waals surface area contributed by atoms with E-state index in [-0.39, 0.29) is 17.6 Å². The SMILES string of the molecule is Cn1cc(C(=O)N2CCNC[C@@H]2C(=O)Nc2ccc(F)cc2)c2ccccc21. The van der Waals surface area contributed by atoms with Crippen LogP contribution in [0.15, 0.2) is 54.7 Å². The lowest BCUT2D eigenvalue weighted by Crippen LogP contribution is -2.58. The molecule has 2 N–H and O–H groups in total. The molecule has 1 atom stereocenters. The number of hydrogen-bond acceptors (Lipinski definition) is 3. The number of nitrogens with one attached hydrogen (secondary N) is 2. The fraction of sp³-hybridized carbons (Fsp3) is 0.238. The van der Waals surface area contributed by atoms with Crippen molar-refractivity contribution >= 4 is 28.4 Å². The third kappa shape index (κ3) is 3.36. The number of hydrogen-bond donors (Lipinski definition) is 2. The van der Waals surface area contributed by atoms with Gasteiger partial charge in [-0.05, 0) is 30.3 Å². The molecule has 1 aliphatic heterocycles. The number of halogens is 1. The zero-order valence-electron chi connectivity index (χ0n) is 15.5. The van der Waals surface area contributed by atoms with Crippen molar-refractivity contribution in [2.75, 3.05) is 25.0 Å². The van der Waals surface area contributed by atoms with Crippen molar-refractivity contribution < 1.29 is 14.0 Å². The summed E-state index contributed by atoms with van der Waals surface area (Å²) in [7, 11) is 1.90. The van der Waals surface area contributed by atoms with Crippen LogP contribution in [-0.2, 0) is 11.8 Å². The van der Waals surface area contributed by atoms with Gasteiger partial charge in [-0.2, -0.15) is 0 Å². The van der Waals surface area contributed by atoms with E-state index in [9.17, 15) is 14.0 Å². The molecule has 0 unspecified atom stereocenters. The van der Waals surface area contributed by atoms with E-state index in [0.29, 0.717) is 30.9 Å².